The molecule has 2 rings (SSSR count). The first-order valence-corrected chi connectivity index (χ1v) is 10.4. The molecule has 1 radical (unpaired) electrons. The van der Waals surface area contributed by atoms with Crippen molar-refractivity contribution in [1.29, 1.82) is 0 Å². The van der Waals surface area contributed by atoms with Gasteiger partial charge in [0.2, 0.25) is 0 Å². The van der Waals surface area contributed by atoms with Crippen molar-refractivity contribution >= 4 is 29.0 Å². The van der Waals surface area contributed by atoms with Crippen LogP contribution in [0.4, 0.5) is 17.1 Å². The van der Waals surface area contributed by atoms with Crippen LogP contribution in [0, 0.1) is 0 Å². The Kier molecular flexibility index (Phi) is 12.5. The normalized spacial score (nSPS) is 11.8. The Morgan fingerprint density at radius 1 is 1.21 bits per heavy atom. The van der Waals surface area contributed by atoms with Gasteiger partial charge in [-0.25, -0.2) is 0 Å². The van der Waals surface area contributed by atoms with Crippen molar-refractivity contribution < 1.29 is 32.7 Å². The van der Waals surface area contributed by atoms with Gasteiger partial charge in [0.25, 0.3) is 0 Å². The zero-order chi connectivity index (χ0) is 23.5. The van der Waals surface area contributed by atoms with E-state index in [0.29, 0.717) is 12.2 Å². The summed E-state index contributed by atoms with van der Waals surface area (Å²) in [5.41, 5.74) is 16.8. The molecule has 0 aromatic heterocycles. The molecule has 8 heteroatoms. The van der Waals surface area contributed by atoms with Crippen LogP contribution in [-0.2, 0) is 32.7 Å². The van der Waals surface area contributed by atoms with Crippen molar-refractivity contribution in [3.05, 3.63) is 89.1 Å². The molecular weight excluding hydrogens is 487 g/mol. The van der Waals surface area contributed by atoms with E-state index < -0.39 is 0 Å². The van der Waals surface area contributed by atoms with E-state index in [1.807, 2.05) is 76.6 Å². The minimum Gasteiger partial charge on any atom is -0.484 e. The van der Waals surface area contributed by atoms with Crippen molar-refractivity contribution in [2.45, 2.75) is 6.92 Å². The number of anilines is 3. The van der Waals surface area contributed by atoms with E-state index in [9.17, 15) is 0 Å². The van der Waals surface area contributed by atoms with E-state index >= 15 is 0 Å². The first kappa shape index (κ1) is 28.4. The number of hydrogen-bond acceptors (Lipinski definition) is 6. The van der Waals surface area contributed by atoms with Crippen LogP contribution in [0.1, 0.15) is 18.1 Å². The second-order valence-corrected chi connectivity index (χ2v) is 7.32. The van der Waals surface area contributed by atoms with Crippen molar-refractivity contribution in [1.82, 2.24) is 10.3 Å². The van der Waals surface area contributed by atoms with Crippen LogP contribution in [-0.4, -0.2) is 46.0 Å². The molecule has 2 aromatic rings. The van der Waals surface area contributed by atoms with Crippen molar-refractivity contribution in [3.8, 4) is 0 Å². The molecule has 7 nitrogen and oxygen atoms in total. The molecule has 0 aliphatic rings. The summed E-state index contributed by atoms with van der Waals surface area (Å²) in [5, 5.41) is 11.7. The summed E-state index contributed by atoms with van der Waals surface area (Å²) >= 11 is 0. The summed E-state index contributed by atoms with van der Waals surface area (Å²) < 4.78 is 0. The second-order valence-electron chi connectivity index (χ2n) is 7.32. The van der Waals surface area contributed by atoms with E-state index in [1.165, 1.54) is 0 Å². The molecule has 0 bridgehead atoms. The third-order valence-electron chi connectivity index (χ3n) is 4.64. The molecule has 0 aliphatic heterocycles. The molecule has 2 aromatic carbocycles. The van der Waals surface area contributed by atoms with E-state index in [-0.39, 0.29) is 32.7 Å². The fourth-order valence-electron chi connectivity index (χ4n) is 3.03. The monoisotopic (exact) mass is 521 g/mol. The zero-order valence-corrected chi connectivity index (χ0v) is 23.0. The first-order valence-electron chi connectivity index (χ1n) is 10.4. The summed E-state index contributed by atoms with van der Waals surface area (Å²) in [4.78, 5) is 4.02. The Hall–Kier alpha value is -2.61. The maximum absolute atomic E-state index is 6.13. The number of allylic oxidation sites excluding steroid dienone is 1. The standard InChI is InChI=1S/C25H34N7.Y/c1-7-19(14-25(28-4)31-32(5)6)16-29-24-11-9-8-10-22(24)18(2)30-21-13-12-20(17-27-3)23(26)15-21;/h7-15,17,28-30H,2,16,26H2,1,3-6H3;/q-1;/b19-7+,25-14+,27-17?;. The molecule has 0 amide bonds. The fraction of sp³-hybridized carbons (Fsp3) is 0.240. The average molecular weight is 522 g/mol. The molecule has 0 saturated heterocycles. The van der Waals surface area contributed by atoms with Crippen molar-refractivity contribution in [2.75, 3.05) is 51.1 Å². The fourth-order valence-corrected chi connectivity index (χ4v) is 3.03. The summed E-state index contributed by atoms with van der Waals surface area (Å²) in [6.45, 7) is 6.90. The number of nitrogens with two attached hydrogens (primary N) is 1. The largest absolute Gasteiger partial charge is 0.484 e. The van der Waals surface area contributed by atoms with Crippen LogP contribution in [0.15, 0.2) is 77.6 Å². The van der Waals surface area contributed by atoms with Gasteiger partial charge in [-0.3, -0.25) is 10.0 Å². The smallest absolute Gasteiger partial charge is 0.0437 e. The van der Waals surface area contributed by atoms with Gasteiger partial charge >= 0.3 is 0 Å². The minimum absolute atomic E-state index is 0. The predicted octanol–water partition coefficient (Wildman–Crippen LogP) is 4.67. The van der Waals surface area contributed by atoms with Crippen molar-refractivity contribution in [2.24, 2.45) is 4.99 Å². The van der Waals surface area contributed by atoms with Gasteiger partial charge in [-0.2, -0.15) is 0 Å². The van der Waals surface area contributed by atoms with Gasteiger partial charge in [0.15, 0.2) is 0 Å². The number of nitrogens with one attached hydrogen (secondary N) is 3. The topological polar surface area (TPSA) is 91.8 Å². The third kappa shape index (κ3) is 9.04. The number of benzene rings is 2. The molecule has 33 heavy (non-hydrogen) atoms. The van der Waals surface area contributed by atoms with Crippen LogP contribution in [0.3, 0.4) is 0 Å². The zero-order valence-electron chi connectivity index (χ0n) is 20.2. The van der Waals surface area contributed by atoms with Crippen LogP contribution < -0.4 is 21.7 Å². The van der Waals surface area contributed by atoms with Crippen LogP contribution in [0.5, 0.6) is 0 Å². The van der Waals surface area contributed by atoms with E-state index in [4.69, 9.17) is 5.73 Å². The second kappa shape index (κ2) is 14.5. The Balaban J connectivity index is 0.00000544. The summed E-state index contributed by atoms with van der Waals surface area (Å²) in [7, 11) is 7.38. The van der Waals surface area contributed by atoms with Gasteiger partial charge in [-0.15, -0.1) is 0 Å². The maximum atomic E-state index is 6.13. The van der Waals surface area contributed by atoms with Gasteiger partial charge in [-0.05, 0) is 50.9 Å². The average Bonchev–Trinajstić information content (AvgIpc) is 2.77. The molecular formula is C25H34N7Y-. The Bertz CT molecular complexity index is 1010. The molecule has 0 saturated carbocycles. The van der Waals surface area contributed by atoms with Gasteiger partial charge in [0.1, 0.15) is 0 Å². The molecule has 0 heterocycles. The maximum Gasteiger partial charge on any atom is 0.0437 e. The molecule has 0 unspecified atom stereocenters. The summed E-state index contributed by atoms with van der Waals surface area (Å²) in [6.07, 6.45) is 5.83. The Morgan fingerprint density at radius 2 is 1.94 bits per heavy atom. The van der Waals surface area contributed by atoms with Crippen LogP contribution in [0.25, 0.3) is 11.1 Å². The van der Waals surface area contributed by atoms with E-state index in [2.05, 4.69) is 39.0 Å². The molecule has 0 aliphatic carbocycles. The molecule has 173 valence electrons. The minimum atomic E-state index is 0. The number of hydrogen-bond donors (Lipinski definition) is 4. The molecule has 0 fully saturated rings. The van der Waals surface area contributed by atoms with Gasteiger partial charge in [-0.1, -0.05) is 49.8 Å². The number of rotatable bonds is 11. The van der Waals surface area contributed by atoms with Gasteiger partial charge in [0, 0.05) is 86.4 Å². The molecule has 0 atom stereocenters. The molecule has 5 N–H and O–H groups in total. The summed E-state index contributed by atoms with van der Waals surface area (Å²) in [6, 6.07) is 13.8. The van der Waals surface area contributed by atoms with Crippen LogP contribution in [0.2, 0.25) is 0 Å². The predicted molar refractivity (Wildman–Crippen MR) is 140 cm³/mol. The number of para-hydroxylation sites is 1. The number of aliphatic imine (C=N–C) groups is 1. The quantitative estimate of drug-likeness (QED) is 0.149. The molecule has 0 spiro atoms. The number of nitrogen functional groups attached to an aromatic ring is 1. The third-order valence-corrected chi connectivity index (χ3v) is 4.64. The number of nitrogens with zero attached hydrogens (tertiary/aromatic N) is 3. The van der Waals surface area contributed by atoms with E-state index in [0.717, 1.165) is 39.6 Å². The van der Waals surface area contributed by atoms with Crippen molar-refractivity contribution in [3.63, 3.8) is 0 Å². The Morgan fingerprint density at radius 3 is 2.55 bits per heavy atom. The Labute approximate surface area is 223 Å². The summed E-state index contributed by atoms with van der Waals surface area (Å²) in [5.74, 6) is 0.790. The first-order chi connectivity index (χ1) is 15.4. The van der Waals surface area contributed by atoms with E-state index in [1.54, 1.807) is 18.3 Å². The van der Waals surface area contributed by atoms with Gasteiger partial charge in [0.05, 0.1) is 0 Å². The SMILES string of the molecule is C=C(Nc1ccc(C=NC)c(N)c1)c1ccccc1NCC(=C/C)/C=C(/[N-]N(C)C)NC.[Y]. The van der Waals surface area contributed by atoms with Gasteiger partial charge < -0.3 is 27.1 Å². The van der Waals surface area contributed by atoms with Crippen LogP contribution >= 0.6 is 0 Å².